The Morgan fingerprint density at radius 3 is 1.76 bits per heavy atom. The number of hydrogen-bond acceptors (Lipinski definition) is 3. The summed E-state index contributed by atoms with van der Waals surface area (Å²) in [6, 6.07) is 14.8. The minimum atomic E-state index is -3.28. The summed E-state index contributed by atoms with van der Waals surface area (Å²) in [4.78, 5) is 11.8. The van der Waals surface area contributed by atoms with Crippen LogP contribution in [0.4, 0.5) is 4.79 Å². The van der Waals surface area contributed by atoms with Gasteiger partial charge < -0.3 is 10.6 Å². The van der Waals surface area contributed by atoms with Crippen LogP contribution in [0.3, 0.4) is 0 Å². The van der Waals surface area contributed by atoms with Gasteiger partial charge in [-0.15, -0.1) is 0 Å². The van der Waals surface area contributed by atoms with Gasteiger partial charge in [0.05, 0.1) is 5.75 Å². The molecule has 0 aliphatic carbocycles. The Hall–Kier alpha value is -2.38. The van der Waals surface area contributed by atoms with Gasteiger partial charge in [-0.25, -0.2) is 17.9 Å². The van der Waals surface area contributed by atoms with Gasteiger partial charge in [0.1, 0.15) is 0 Å². The summed E-state index contributed by atoms with van der Waals surface area (Å²) in [6.07, 6.45) is 0. The fourth-order valence-corrected chi connectivity index (χ4v) is 2.95. The van der Waals surface area contributed by atoms with Gasteiger partial charge in [-0.3, -0.25) is 0 Å². The topological polar surface area (TPSA) is 87.3 Å². The van der Waals surface area contributed by atoms with E-state index in [1.54, 1.807) is 24.3 Å². The Morgan fingerprint density at radius 2 is 1.28 bits per heavy atom. The summed E-state index contributed by atoms with van der Waals surface area (Å²) >= 11 is 0. The molecule has 25 heavy (non-hydrogen) atoms. The Bertz CT molecular complexity index is 800. The maximum Gasteiger partial charge on any atom is 0.315 e. The lowest BCUT2D eigenvalue weighted by atomic mass is 10.1. The number of benzene rings is 2. The van der Waals surface area contributed by atoms with Gasteiger partial charge in [-0.1, -0.05) is 54.1 Å². The highest BCUT2D eigenvalue weighted by Crippen LogP contribution is 2.08. The molecule has 0 atom stereocenters. The molecule has 3 N–H and O–H groups in total. The molecule has 2 aromatic rings. The van der Waals surface area contributed by atoms with Crippen LogP contribution in [0.25, 0.3) is 0 Å². The van der Waals surface area contributed by atoms with Gasteiger partial charge in [0, 0.05) is 13.1 Å². The molecule has 0 aliphatic heterocycles. The zero-order valence-electron chi connectivity index (χ0n) is 14.4. The Morgan fingerprint density at radius 1 is 0.840 bits per heavy atom. The first-order valence-corrected chi connectivity index (χ1v) is 9.59. The van der Waals surface area contributed by atoms with Crippen LogP contribution in [0, 0.1) is 6.92 Å². The molecule has 7 heteroatoms. The normalized spacial score (nSPS) is 11.1. The van der Waals surface area contributed by atoms with Crippen LogP contribution in [0.15, 0.2) is 48.5 Å². The van der Waals surface area contributed by atoms with Crippen molar-refractivity contribution in [3.8, 4) is 0 Å². The van der Waals surface area contributed by atoms with E-state index in [4.69, 9.17) is 0 Å². The molecule has 2 rings (SSSR count). The number of urea groups is 1. The first kappa shape index (κ1) is 19.0. The van der Waals surface area contributed by atoms with E-state index < -0.39 is 10.0 Å². The lowest BCUT2D eigenvalue weighted by Gasteiger charge is -2.09. The Balaban J connectivity index is 1.78. The van der Waals surface area contributed by atoms with Crippen molar-refractivity contribution in [3.05, 3.63) is 70.8 Å². The molecule has 2 amide bonds. The Labute approximate surface area is 148 Å². The van der Waals surface area contributed by atoms with Crippen molar-refractivity contribution in [1.29, 1.82) is 0 Å². The highest BCUT2D eigenvalue weighted by atomic mass is 32.2. The largest absolute Gasteiger partial charge is 0.334 e. The molecular formula is C18H23N3O3S. The quantitative estimate of drug-likeness (QED) is 0.705. The van der Waals surface area contributed by atoms with Gasteiger partial charge in [0.2, 0.25) is 10.0 Å². The van der Waals surface area contributed by atoms with E-state index in [-0.39, 0.29) is 11.8 Å². The molecular weight excluding hydrogens is 338 g/mol. The van der Waals surface area contributed by atoms with Crippen LogP contribution in [0.2, 0.25) is 0 Å². The zero-order chi connectivity index (χ0) is 18.3. The Kier molecular flexibility index (Phi) is 6.55. The van der Waals surface area contributed by atoms with E-state index in [0.717, 1.165) is 11.1 Å². The van der Waals surface area contributed by atoms with Crippen LogP contribution < -0.4 is 15.4 Å². The van der Waals surface area contributed by atoms with Gasteiger partial charge in [-0.2, -0.15) is 0 Å². The predicted octanol–water partition coefficient (Wildman–Crippen LogP) is 2.04. The number of amides is 2. The SMILES string of the molecule is CNS(=O)(=O)Cc1ccc(CNC(=O)NCc2ccc(C)cc2)cc1. The average Bonchev–Trinajstić information content (AvgIpc) is 2.60. The van der Waals surface area contributed by atoms with E-state index in [2.05, 4.69) is 15.4 Å². The van der Waals surface area contributed by atoms with E-state index >= 15 is 0 Å². The molecule has 0 aliphatic rings. The second-order valence-corrected chi connectivity index (χ2v) is 7.73. The molecule has 0 saturated heterocycles. The number of nitrogens with one attached hydrogen (secondary N) is 3. The maximum absolute atomic E-state index is 11.8. The molecule has 0 spiro atoms. The lowest BCUT2D eigenvalue weighted by Crippen LogP contribution is -2.34. The van der Waals surface area contributed by atoms with E-state index in [0.29, 0.717) is 18.7 Å². The number of hydrogen-bond donors (Lipinski definition) is 3. The molecule has 134 valence electrons. The number of aryl methyl sites for hydroxylation is 1. The van der Waals surface area contributed by atoms with Crippen LogP contribution in [-0.2, 0) is 28.9 Å². The van der Waals surface area contributed by atoms with Gasteiger partial charge >= 0.3 is 6.03 Å². The van der Waals surface area contributed by atoms with Crippen LogP contribution in [0.1, 0.15) is 22.3 Å². The summed E-state index contributed by atoms with van der Waals surface area (Å²) in [7, 11) is -1.89. The number of carbonyl (C=O) groups is 1. The van der Waals surface area contributed by atoms with E-state index in [1.165, 1.54) is 12.6 Å². The molecule has 6 nitrogen and oxygen atoms in total. The third kappa shape index (κ3) is 6.56. The van der Waals surface area contributed by atoms with Crippen molar-refractivity contribution < 1.29 is 13.2 Å². The van der Waals surface area contributed by atoms with Crippen molar-refractivity contribution in [2.75, 3.05) is 7.05 Å². The van der Waals surface area contributed by atoms with Crippen molar-refractivity contribution in [1.82, 2.24) is 15.4 Å². The highest BCUT2D eigenvalue weighted by molar-refractivity contribution is 7.88. The second-order valence-electron chi connectivity index (χ2n) is 5.80. The summed E-state index contributed by atoms with van der Waals surface area (Å²) < 4.78 is 25.3. The first-order valence-electron chi connectivity index (χ1n) is 7.94. The minimum absolute atomic E-state index is 0.0613. The van der Waals surface area contributed by atoms with Crippen LogP contribution >= 0.6 is 0 Å². The van der Waals surface area contributed by atoms with Crippen molar-refractivity contribution >= 4 is 16.1 Å². The summed E-state index contributed by atoms with van der Waals surface area (Å²) in [5, 5.41) is 5.58. The smallest absolute Gasteiger partial charge is 0.315 e. The van der Waals surface area contributed by atoms with Crippen LogP contribution in [0.5, 0.6) is 0 Å². The molecule has 0 unspecified atom stereocenters. The van der Waals surface area contributed by atoms with Crippen molar-refractivity contribution in [2.24, 2.45) is 0 Å². The first-order chi connectivity index (χ1) is 11.9. The number of rotatable bonds is 7. The fourth-order valence-electron chi connectivity index (χ4n) is 2.18. The van der Waals surface area contributed by atoms with E-state index in [9.17, 15) is 13.2 Å². The molecule has 0 fully saturated rings. The lowest BCUT2D eigenvalue weighted by molar-refractivity contribution is 0.240. The third-order valence-electron chi connectivity index (χ3n) is 3.72. The maximum atomic E-state index is 11.8. The molecule has 0 heterocycles. The number of sulfonamides is 1. The monoisotopic (exact) mass is 361 g/mol. The molecule has 0 saturated carbocycles. The standard InChI is InChI=1S/C18H23N3O3S/c1-14-3-5-15(6-4-14)11-20-18(22)21-12-16-7-9-17(10-8-16)13-25(23,24)19-2/h3-10,19H,11-13H2,1-2H3,(H2,20,21,22). The van der Waals surface area contributed by atoms with Gasteiger partial charge in [-0.05, 0) is 30.7 Å². The molecule has 0 radical (unpaired) electrons. The second kappa shape index (κ2) is 8.64. The summed E-state index contributed by atoms with van der Waals surface area (Å²) in [6.45, 7) is 2.86. The summed E-state index contributed by atoms with van der Waals surface area (Å²) in [5.41, 5.74) is 3.81. The average molecular weight is 361 g/mol. The van der Waals surface area contributed by atoms with Gasteiger partial charge in [0.25, 0.3) is 0 Å². The zero-order valence-corrected chi connectivity index (χ0v) is 15.2. The predicted molar refractivity (Wildman–Crippen MR) is 98.4 cm³/mol. The molecule has 0 bridgehead atoms. The third-order valence-corrected chi connectivity index (χ3v) is 5.05. The highest BCUT2D eigenvalue weighted by Gasteiger charge is 2.08. The molecule has 2 aromatic carbocycles. The summed E-state index contributed by atoms with van der Waals surface area (Å²) in [5.74, 6) is -0.0613. The fraction of sp³-hybridized carbons (Fsp3) is 0.278. The number of carbonyl (C=O) groups excluding carboxylic acids is 1. The van der Waals surface area contributed by atoms with Gasteiger partial charge in [0.15, 0.2) is 0 Å². The van der Waals surface area contributed by atoms with Crippen molar-refractivity contribution in [3.63, 3.8) is 0 Å². The van der Waals surface area contributed by atoms with Crippen molar-refractivity contribution in [2.45, 2.75) is 25.8 Å². The minimum Gasteiger partial charge on any atom is -0.334 e. The van der Waals surface area contributed by atoms with Crippen LogP contribution in [-0.4, -0.2) is 21.5 Å². The molecule has 0 aromatic heterocycles. The van der Waals surface area contributed by atoms with E-state index in [1.807, 2.05) is 31.2 Å².